The van der Waals surface area contributed by atoms with Gasteiger partial charge in [-0.25, -0.2) is 4.57 Å². The molecule has 0 aliphatic carbocycles. The number of hydrogen-bond donors (Lipinski definition) is 2. The van der Waals surface area contributed by atoms with Gasteiger partial charge in [-0.15, -0.1) is 0 Å². The van der Waals surface area contributed by atoms with E-state index in [1.54, 1.807) is 6.92 Å². The molecular weight excluding hydrogens is 271 g/mol. The van der Waals surface area contributed by atoms with Gasteiger partial charge in [0.25, 0.3) is 0 Å². The molecule has 112 valence electrons. The number of nitrogens with one attached hydrogen (secondary N) is 1. The van der Waals surface area contributed by atoms with Crippen molar-refractivity contribution >= 4 is 13.7 Å². The fourth-order valence-corrected chi connectivity index (χ4v) is 1.83. The largest absolute Gasteiger partial charge is 0.472 e. The van der Waals surface area contributed by atoms with E-state index in [9.17, 15) is 14.3 Å². The van der Waals surface area contributed by atoms with E-state index in [4.69, 9.17) is 9.05 Å². The highest BCUT2D eigenvalue weighted by Gasteiger charge is 2.20. The Kier molecular flexibility index (Phi) is 8.88. The van der Waals surface area contributed by atoms with Crippen LogP contribution in [-0.2, 0) is 18.4 Å². The second-order valence-corrected chi connectivity index (χ2v) is 5.78. The zero-order valence-electron chi connectivity index (χ0n) is 11.7. The summed E-state index contributed by atoms with van der Waals surface area (Å²) in [6.45, 7) is 5.96. The molecule has 1 unspecified atom stereocenters. The predicted octanol–water partition coefficient (Wildman–Crippen LogP) is 0.764. The molecule has 0 aliphatic heterocycles. The Morgan fingerprint density at radius 2 is 1.95 bits per heavy atom. The third-order valence-electron chi connectivity index (χ3n) is 2.03. The van der Waals surface area contributed by atoms with Gasteiger partial charge in [0, 0.05) is 12.1 Å². The first-order valence-corrected chi connectivity index (χ1v) is 7.44. The number of amides is 1. The lowest BCUT2D eigenvalue weighted by molar-refractivity contribution is -0.117. The topological polar surface area (TPSA) is 88.1 Å². The van der Waals surface area contributed by atoms with Crippen LogP contribution < -0.4 is 5.32 Å². The van der Waals surface area contributed by atoms with Gasteiger partial charge in [0.2, 0.25) is 5.91 Å². The Labute approximate surface area is 114 Å². The summed E-state index contributed by atoms with van der Waals surface area (Å²) in [7, 11) is -0.224. The quantitative estimate of drug-likeness (QED) is 0.351. The van der Waals surface area contributed by atoms with Gasteiger partial charge in [-0.3, -0.25) is 13.8 Å². The molecule has 19 heavy (non-hydrogen) atoms. The first-order chi connectivity index (χ1) is 8.74. The molecule has 0 spiro atoms. The Morgan fingerprint density at radius 3 is 2.47 bits per heavy atom. The molecule has 1 amide bonds. The number of carbonyl (C=O) groups is 1. The zero-order valence-corrected chi connectivity index (χ0v) is 12.6. The first kappa shape index (κ1) is 18.3. The van der Waals surface area contributed by atoms with Gasteiger partial charge in [0.15, 0.2) is 0 Å². The fraction of sp³-hybridized carbons (Fsp3) is 0.727. The minimum atomic E-state index is -4.03. The highest BCUT2D eigenvalue weighted by molar-refractivity contribution is 7.47. The smallest absolute Gasteiger partial charge is 0.350 e. The summed E-state index contributed by atoms with van der Waals surface area (Å²) in [5, 5.41) is 2.48. The molecule has 0 saturated carbocycles. The van der Waals surface area contributed by atoms with Crippen molar-refractivity contribution in [3.8, 4) is 0 Å². The summed E-state index contributed by atoms with van der Waals surface area (Å²) in [5.41, 5.74) is 0.368. The third-order valence-corrected chi connectivity index (χ3v) is 3.05. The van der Waals surface area contributed by atoms with Crippen LogP contribution in [0.2, 0.25) is 0 Å². The van der Waals surface area contributed by atoms with Gasteiger partial charge in [0.05, 0.1) is 13.2 Å². The molecule has 2 N–H and O–H groups in total. The lowest BCUT2D eigenvalue weighted by Gasteiger charge is -2.13. The highest BCUT2D eigenvalue weighted by atomic mass is 31.2. The number of carbonyl (C=O) groups excluding carboxylic acids is 1. The SMILES string of the molecule is C=C(C)C(=O)NCCOP(=O)(O)OCCCN(C)C. The Morgan fingerprint density at radius 1 is 1.37 bits per heavy atom. The van der Waals surface area contributed by atoms with Crippen LogP contribution in [0, 0.1) is 0 Å². The van der Waals surface area contributed by atoms with Gasteiger partial charge in [-0.1, -0.05) is 6.58 Å². The van der Waals surface area contributed by atoms with Crippen molar-refractivity contribution in [3.05, 3.63) is 12.2 Å². The summed E-state index contributed by atoms with van der Waals surface area (Å²) >= 11 is 0. The molecule has 8 heteroatoms. The van der Waals surface area contributed by atoms with Gasteiger partial charge in [-0.2, -0.15) is 0 Å². The number of phosphoric acid groups is 1. The first-order valence-electron chi connectivity index (χ1n) is 5.95. The minimum absolute atomic E-state index is 0.0967. The summed E-state index contributed by atoms with van der Waals surface area (Å²) in [6, 6.07) is 0. The molecule has 0 aliphatic rings. The van der Waals surface area contributed by atoms with E-state index in [-0.39, 0.29) is 25.7 Å². The number of phosphoric ester groups is 1. The molecule has 0 aromatic heterocycles. The van der Waals surface area contributed by atoms with E-state index in [1.165, 1.54) is 0 Å². The summed E-state index contributed by atoms with van der Waals surface area (Å²) in [5.74, 6) is -0.316. The molecule has 0 saturated heterocycles. The maximum Gasteiger partial charge on any atom is 0.472 e. The third kappa shape index (κ3) is 10.9. The molecule has 0 aromatic carbocycles. The van der Waals surface area contributed by atoms with Crippen LogP contribution in [0.4, 0.5) is 0 Å². The monoisotopic (exact) mass is 294 g/mol. The fourth-order valence-electron chi connectivity index (χ4n) is 1.07. The summed E-state index contributed by atoms with van der Waals surface area (Å²) in [6.07, 6.45) is 0.632. The van der Waals surface area contributed by atoms with Gasteiger partial charge < -0.3 is 15.1 Å². The van der Waals surface area contributed by atoms with Crippen molar-refractivity contribution in [2.75, 3.05) is 40.4 Å². The van der Waals surface area contributed by atoms with Crippen molar-refractivity contribution in [2.45, 2.75) is 13.3 Å². The molecular formula is C11H23N2O5P. The van der Waals surface area contributed by atoms with Crippen LogP contribution in [0.15, 0.2) is 12.2 Å². The molecule has 7 nitrogen and oxygen atoms in total. The highest BCUT2D eigenvalue weighted by Crippen LogP contribution is 2.42. The maximum absolute atomic E-state index is 11.4. The number of nitrogens with zero attached hydrogens (tertiary/aromatic N) is 1. The van der Waals surface area contributed by atoms with E-state index < -0.39 is 7.82 Å². The minimum Gasteiger partial charge on any atom is -0.350 e. The van der Waals surface area contributed by atoms with Crippen LogP contribution in [0.1, 0.15) is 13.3 Å². The second kappa shape index (κ2) is 9.23. The molecule has 0 rings (SSSR count). The number of rotatable bonds is 10. The van der Waals surface area contributed by atoms with Crippen molar-refractivity contribution < 1.29 is 23.3 Å². The van der Waals surface area contributed by atoms with E-state index in [0.717, 1.165) is 6.54 Å². The standard InChI is InChI=1S/C11H23N2O5P/c1-10(2)11(14)12-6-9-18-19(15,16)17-8-5-7-13(3)4/h1,5-9H2,2-4H3,(H,12,14)(H,15,16). The van der Waals surface area contributed by atoms with Crippen LogP contribution >= 0.6 is 7.82 Å². The number of hydrogen-bond acceptors (Lipinski definition) is 5. The molecule has 0 radical (unpaired) electrons. The lowest BCUT2D eigenvalue weighted by atomic mass is 10.3. The summed E-state index contributed by atoms with van der Waals surface area (Å²) < 4.78 is 20.9. The van der Waals surface area contributed by atoms with Crippen molar-refractivity contribution in [1.29, 1.82) is 0 Å². The van der Waals surface area contributed by atoms with E-state index in [0.29, 0.717) is 12.0 Å². The zero-order chi connectivity index (χ0) is 14.9. The van der Waals surface area contributed by atoms with Gasteiger partial charge in [-0.05, 0) is 34.0 Å². The molecule has 0 bridgehead atoms. The second-order valence-electron chi connectivity index (χ2n) is 4.33. The molecule has 1 atom stereocenters. The maximum atomic E-state index is 11.4. The van der Waals surface area contributed by atoms with Crippen LogP contribution in [0.25, 0.3) is 0 Å². The average molecular weight is 294 g/mol. The van der Waals surface area contributed by atoms with Crippen LogP contribution in [0.5, 0.6) is 0 Å². The Balaban J connectivity index is 3.70. The molecule has 0 heterocycles. The predicted molar refractivity (Wildman–Crippen MR) is 72.7 cm³/mol. The van der Waals surface area contributed by atoms with Crippen molar-refractivity contribution in [2.24, 2.45) is 0 Å². The molecule has 0 aromatic rings. The Hall–Kier alpha value is -0.720. The normalized spacial score (nSPS) is 14.2. The molecule has 0 fully saturated rings. The van der Waals surface area contributed by atoms with Crippen LogP contribution in [-0.4, -0.2) is 56.1 Å². The average Bonchev–Trinajstić information content (AvgIpc) is 2.29. The van der Waals surface area contributed by atoms with E-state index in [1.807, 2.05) is 19.0 Å². The van der Waals surface area contributed by atoms with Gasteiger partial charge in [0.1, 0.15) is 0 Å². The van der Waals surface area contributed by atoms with E-state index in [2.05, 4.69) is 11.9 Å². The summed E-state index contributed by atoms with van der Waals surface area (Å²) in [4.78, 5) is 22.4. The van der Waals surface area contributed by atoms with Crippen molar-refractivity contribution in [3.63, 3.8) is 0 Å². The lowest BCUT2D eigenvalue weighted by Crippen LogP contribution is -2.27. The van der Waals surface area contributed by atoms with Crippen molar-refractivity contribution in [1.82, 2.24) is 10.2 Å². The van der Waals surface area contributed by atoms with Gasteiger partial charge >= 0.3 is 7.82 Å². The van der Waals surface area contributed by atoms with Crippen LogP contribution in [0.3, 0.4) is 0 Å². The van der Waals surface area contributed by atoms with E-state index >= 15 is 0 Å². The Bertz CT molecular complexity index is 346.